The fourth-order valence-electron chi connectivity index (χ4n) is 3.88. The Kier molecular flexibility index (Phi) is 5.44. The van der Waals surface area contributed by atoms with Crippen molar-refractivity contribution in [1.82, 2.24) is 10.2 Å². The predicted octanol–water partition coefficient (Wildman–Crippen LogP) is 2.18. The molecule has 2 bridgehead atoms. The summed E-state index contributed by atoms with van der Waals surface area (Å²) in [6.07, 6.45) is 6.13. The molecule has 1 saturated carbocycles. The minimum atomic E-state index is -0.524. The second-order valence-corrected chi connectivity index (χ2v) is 6.51. The normalized spacial score (nSPS) is 28.6. The molecule has 0 aromatic heterocycles. The molecule has 116 valence electrons. The summed E-state index contributed by atoms with van der Waals surface area (Å²) in [7, 11) is 0. The molecule has 1 aliphatic heterocycles. The molecule has 2 fully saturated rings. The number of carbonyl (C=O) groups excluding carboxylic acids is 1. The van der Waals surface area contributed by atoms with E-state index in [4.69, 9.17) is 4.74 Å². The molecule has 1 N–H and O–H groups in total. The van der Waals surface area contributed by atoms with Crippen molar-refractivity contribution in [2.75, 3.05) is 26.2 Å². The first-order valence-electron chi connectivity index (χ1n) is 8.25. The molecule has 2 rings (SSSR count). The summed E-state index contributed by atoms with van der Waals surface area (Å²) in [6.45, 7) is 9.54. The van der Waals surface area contributed by atoms with Gasteiger partial charge in [-0.15, -0.1) is 0 Å². The molecule has 1 heterocycles. The van der Waals surface area contributed by atoms with E-state index in [1.54, 1.807) is 0 Å². The van der Waals surface area contributed by atoms with Gasteiger partial charge in [-0.3, -0.25) is 4.79 Å². The van der Waals surface area contributed by atoms with Crippen molar-refractivity contribution in [2.45, 2.75) is 64.5 Å². The number of ether oxygens (including phenoxy) is 1. The van der Waals surface area contributed by atoms with E-state index >= 15 is 0 Å². The fourth-order valence-corrected chi connectivity index (χ4v) is 3.88. The topological polar surface area (TPSA) is 41.6 Å². The van der Waals surface area contributed by atoms with E-state index < -0.39 is 5.54 Å². The van der Waals surface area contributed by atoms with Crippen LogP contribution in [0.5, 0.6) is 0 Å². The second kappa shape index (κ2) is 6.90. The Balaban J connectivity index is 1.78. The number of hydrogen-bond donors (Lipinski definition) is 1. The van der Waals surface area contributed by atoms with Crippen LogP contribution in [-0.2, 0) is 9.53 Å². The molecule has 0 spiro atoms. The zero-order valence-electron chi connectivity index (χ0n) is 13.3. The van der Waals surface area contributed by atoms with E-state index in [1.807, 2.05) is 20.8 Å². The Morgan fingerprint density at radius 3 is 2.75 bits per heavy atom. The van der Waals surface area contributed by atoms with Gasteiger partial charge in [0.2, 0.25) is 0 Å². The number of nitrogens with zero attached hydrogens (tertiary/aromatic N) is 1. The molecule has 0 amide bonds. The van der Waals surface area contributed by atoms with Gasteiger partial charge in [-0.1, -0.05) is 6.92 Å². The van der Waals surface area contributed by atoms with Gasteiger partial charge >= 0.3 is 5.97 Å². The number of hydrogen-bond acceptors (Lipinski definition) is 4. The van der Waals surface area contributed by atoms with Crippen LogP contribution in [0.15, 0.2) is 0 Å². The highest BCUT2D eigenvalue weighted by Crippen LogP contribution is 2.37. The molecular weight excluding hydrogens is 252 g/mol. The smallest absolute Gasteiger partial charge is 0.326 e. The molecule has 0 aromatic carbocycles. The van der Waals surface area contributed by atoms with Gasteiger partial charge < -0.3 is 15.0 Å². The maximum absolute atomic E-state index is 12.1. The van der Waals surface area contributed by atoms with Crippen molar-refractivity contribution in [3.8, 4) is 0 Å². The van der Waals surface area contributed by atoms with Crippen LogP contribution in [0.25, 0.3) is 0 Å². The SMILES string of the molecule is CCNC(C)(CCCN1CC2CCC1C2)C(=O)OCC. The maximum Gasteiger partial charge on any atom is 0.326 e. The molecular formula is C16H30N2O2. The van der Waals surface area contributed by atoms with E-state index in [2.05, 4.69) is 10.2 Å². The van der Waals surface area contributed by atoms with E-state index in [0.717, 1.165) is 37.9 Å². The molecule has 3 atom stereocenters. The zero-order valence-corrected chi connectivity index (χ0v) is 13.3. The van der Waals surface area contributed by atoms with Gasteiger partial charge in [0.1, 0.15) is 5.54 Å². The van der Waals surface area contributed by atoms with Crippen LogP contribution in [0.1, 0.15) is 52.9 Å². The zero-order chi connectivity index (χ0) is 14.6. The van der Waals surface area contributed by atoms with Gasteiger partial charge in [0.25, 0.3) is 0 Å². The van der Waals surface area contributed by atoms with Gasteiger partial charge in [0.15, 0.2) is 0 Å². The van der Waals surface area contributed by atoms with Crippen LogP contribution >= 0.6 is 0 Å². The lowest BCUT2D eigenvalue weighted by molar-refractivity contribution is -0.150. The summed E-state index contributed by atoms with van der Waals surface area (Å²) in [6, 6.07) is 0.827. The molecule has 2 aliphatic rings. The molecule has 1 aliphatic carbocycles. The third kappa shape index (κ3) is 3.53. The quantitative estimate of drug-likeness (QED) is 0.693. The average molecular weight is 282 g/mol. The lowest BCUT2D eigenvalue weighted by Gasteiger charge is -2.31. The first kappa shape index (κ1) is 15.8. The van der Waals surface area contributed by atoms with Crippen molar-refractivity contribution in [1.29, 1.82) is 0 Å². The number of nitrogens with one attached hydrogen (secondary N) is 1. The number of piperidine rings is 1. The summed E-state index contributed by atoms with van der Waals surface area (Å²) < 4.78 is 5.22. The molecule has 0 radical (unpaired) electrons. The van der Waals surface area contributed by atoms with Crippen molar-refractivity contribution in [3.05, 3.63) is 0 Å². The first-order valence-corrected chi connectivity index (χ1v) is 8.25. The molecule has 3 unspecified atom stereocenters. The van der Waals surface area contributed by atoms with E-state index in [1.165, 1.54) is 25.8 Å². The van der Waals surface area contributed by atoms with E-state index in [0.29, 0.717) is 6.61 Å². The monoisotopic (exact) mass is 282 g/mol. The number of likely N-dealkylation sites (N-methyl/N-ethyl adjacent to an activating group) is 1. The van der Waals surface area contributed by atoms with Crippen LogP contribution in [0, 0.1) is 5.92 Å². The van der Waals surface area contributed by atoms with Gasteiger partial charge in [-0.05, 0) is 65.0 Å². The van der Waals surface area contributed by atoms with Crippen molar-refractivity contribution >= 4 is 5.97 Å². The average Bonchev–Trinajstić information content (AvgIpc) is 3.01. The predicted molar refractivity (Wildman–Crippen MR) is 80.7 cm³/mol. The third-order valence-electron chi connectivity index (χ3n) is 4.94. The van der Waals surface area contributed by atoms with Gasteiger partial charge in [-0.25, -0.2) is 0 Å². The van der Waals surface area contributed by atoms with Gasteiger partial charge in [-0.2, -0.15) is 0 Å². The number of likely N-dealkylation sites (tertiary alicyclic amines) is 1. The second-order valence-electron chi connectivity index (χ2n) is 6.51. The molecule has 0 aromatic rings. The van der Waals surface area contributed by atoms with Crippen LogP contribution in [0.2, 0.25) is 0 Å². The van der Waals surface area contributed by atoms with Crippen LogP contribution < -0.4 is 5.32 Å². The minimum Gasteiger partial charge on any atom is -0.465 e. The lowest BCUT2D eigenvalue weighted by atomic mass is 9.95. The Labute approximate surface area is 123 Å². The first-order chi connectivity index (χ1) is 9.59. The lowest BCUT2D eigenvalue weighted by Crippen LogP contribution is -2.50. The molecule has 4 heteroatoms. The fraction of sp³-hybridized carbons (Fsp3) is 0.938. The Morgan fingerprint density at radius 1 is 1.40 bits per heavy atom. The van der Waals surface area contributed by atoms with Gasteiger partial charge in [0, 0.05) is 12.6 Å². The largest absolute Gasteiger partial charge is 0.465 e. The van der Waals surface area contributed by atoms with E-state index in [-0.39, 0.29) is 5.97 Å². The number of carbonyl (C=O) groups is 1. The number of rotatable bonds is 8. The highest BCUT2D eigenvalue weighted by atomic mass is 16.5. The summed E-state index contributed by atoms with van der Waals surface area (Å²) in [5.41, 5.74) is -0.524. The highest BCUT2D eigenvalue weighted by molar-refractivity contribution is 5.80. The van der Waals surface area contributed by atoms with Crippen molar-refractivity contribution in [2.24, 2.45) is 5.92 Å². The molecule has 4 nitrogen and oxygen atoms in total. The van der Waals surface area contributed by atoms with Crippen molar-refractivity contribution in [3.63, 3.8) is 0 Å². The Hall–Kier alpha value is -0.610. The molecule has 1 saturated heterocycles. The highest BCUT2D eigenvalue weighted by Gasteiger charge is 2.38. The summed E-state index contributed by atoms with van der Waals surface area (Å²) in [5, 5.41) is 3.31. The van der Waals surface area contributed by atoms with Crippen LogP contribution in [-0.4, -0.2) is 48.7 Å². The maximum atomic E-state index is 12.1. The minimum absolute atomic E-state index is 0.107. The standard InChI is InChI=1S/C16H30N2O2/c1-4-17-16(3,15(19)20-5-2)9-6-10-18-12-13-7-8-14(18)11-13/h13-14,17H,4-12H2,1-3H3. The van der Waals surface area contributed by atoms with E-state index in [9.17, 15) is 4.79 Å². The number of fused-ring (bicyclic) bond motifs is 2. The Morgan fingerprint density at radius 2 is 2.20 bits per heavy atom. The summed E-state index contributed by atoms with van der Waals surface area (Å²) in [5.74, 6) is 0.843. The van der Waals surface area contributed by atoms with Crippen molar-refractivity contribution < 1.29 is 9.53 Å². The third-order valence-corrected chi connectivity index (χ3v) is 4.94. The number of esters is 1. The van der Waals surface area contributed by atoms with Crippen LogP contribution in [0.3, 0.4) is 0 Å². The Bertz CT molecular complexity index is 334. The summed E-state index contributed by atoms with van der Waals surface area (Å²) in [4.78, 5) is 14.7. The van der Waals surface area contributed by atoms with Crippen LogP contribution in [0.4, 0.5) is 0 Å². The van der Waals surface area contributed by atoms with Gasteiger partial charge in [0.05, 0.1) is 6.61 Å². The molecule has 20 heavy (non-hydrogen) atoms. The summed E-state index contributed by atoms with van der Waals surface area (Å²) >= 11 is 0.